The van der Waals surface area contributed by atoms with E-state index < -0.39 is 6.03 Å². The van der Waals surface area contributed by atoms with Gasteiger partial charge in [-0.3, -0.25) is 9.97 Å². The third-order valence-electron chi connectivity index (χ3n) is 2.04. The summed E-state index contributed by atoms with van der Waals surface area (Å²) in [5.41, 5.74) is 3.18. The van der Waals surface area contributed by atoms with Gasteiger partial charge in [0.2, 0.25) is 0 Å². The van der Waals surface area contributed by atoms with Gasteiger partial charge in [-0.05, 0) is 0 Å². The number of urea groups is 1. The van der Waals surface area contributed by atoms with E-state index in [2.05, 4.69) is 30.8 Å². The Kier molecular flexibility index (Phi) is 3.64. The summed E-state index contributed by atoms with van der Waals surface area (Å²) >= 11 is 0. The molecular formula is C9H9N7O2. The van der Waals surface area contributed by atoms with Crippen LogP contribution in [0.4, 0.5) is 4.79 Å². The van der Waals surface area contributed by atoms with Crippen LogP contribution in [-0.4, -0.2) is 46.0 Å². The predicted octanol–water partition coefficient (Wildman–Crippen LogP) is -0.0419. The number of nitrogens with zero attached hydrogens (tertiary/aromatic N) is 6. The fraction of sp³-hybridized carbons (Fsp3) is 0.222. The van der Waals surface area contributed by atoms with Gasteiger partial charge in [-0.15, -0.1) is 0 Å². The van der Waals surface area contributed by atoms with Crippen molar-refractivity contribution in [2.45, 2.75) is 0 Å². The summed E-state index contributed by atoms with van der Waals surface area (Å²) in [5.74, 6) is 0. The fourth-order valence-corrected chi connectivity index (χ4v) is 1.22. The third-order valence-corrected chi connectivity index (χ3v) is 2.04. The minimum Gasteiger partial charge on any atom is -0.261 e. The van der Waals surface area contributed by atoms with Crippen LogP contribution in [0, 0.1) is 4.91 Å². The third kappa shape index (κ3) is 2.90. The first-order valence-electron chi connectivity index (χ1n) is 5.01. The topological polar surface area (TPSA) is 112 Å². The Bertz CT molecular complexity index is 499. The summed E-state index contributed by atoms with van der Waals surface area (Å²) in [7, 11) is 0. The molecule has 18 heavy (non-hydrogen) atoms. The molecule has 92 valence electrons. The van der Waals surface area contributed by atoms with E-state index in [9.17, 15) is 9.70 Å². The van der Waals surface area contributed by atoms with Crippen molar-refractivity contribution in [1.29, 1.82) is 0 Å². The lowest BCUT2D eigenvalue weighted by atomic mass is 10.3. The maximum atomic E-state index is 11.4. The number of hydrogen-bond donors (Lipinski definition) is 1. The van der Waals surface area contributed by atoms with Crippen molar-refractivity contribution in [3.63, 3.8) is 0 Å². The van der Waals surface area contributed by atoms with Crippen LogP contribution in [-0.2, 0) is 0 Å². The average molecular weight is 247 g/mol. The van der Waals surface area contributed by atoms with Gasteiger partial charge >= 0.3 is 6.03 Å². The number of hydrazone groups is 2. The minimum absolute atomic E-state index is 0.0859. The first kappa shape index (κ1) is 11.8. The first-order chi connectivity index (χ1) is 8.79. The number of aromatic nitrogens is 2. The first-order valence-corrected chi connectivity index (χ1v) is 5.01. The lowest BCUT2D eigenvalue weighted by molar-refractivity contribution is 0.204. The number of rotatable bonds is 4. The van der Waals surface area contributed by atoms with Crippen molar-refractivity contribution >= 4 is 18.0 Å². The van der Waals surface area contributed by atoms with Crippen LogP contribution in [0.15, 0.2) is 34.0 Å². The van der Waals surface area contributed by atoms with Crippen LogP contribution in [0.1, 0.15) is 5.69 Å². The number of hydrogen-bond acceptors (Lipinski definition) is 7. The van der Waals surface area contributed by atoms with Gasteiger partial charge in [0.05, 0.1) is 24.7 Å². The highest BCUT2D eigenvalue weighted by atomic mass is 16.3. The van der Waals surface area contributed by atoms with Crippen molar-refractivity contribution in [1.82, 2.24) is 20.4 Å². The van der Waals surface area contributed by atoms with E-state index in [0.29, 0.717) is 11.4 Å². The molecular weight excluding hydrogens is 238 g/mol. The van der Waals surface area contributed by atoms with Crippen molar-refractivity contribution in [2.24, 2.45) is 15.4 Å². The van der Waals surface area contributed by atoms with Crippen LogP contribution >= 0.6 is 0 Å². The number of nitrogens with one attached hydrogen (secondary N) is 1. The highest BCUT2D eigenvalue weighted by molar-refractivity contribution is 5.94. The summed E-state index contributed by atoms with van der Waals surface area (Å²) in [6.07, 6.45) is 5.95. The molecule has 0 bridgehead atoms. The van der Waals surface area contributed by atoms with Crippen LogP contribution in [0.5, 0.6) is 0 Å². The molecule has 9 heteroatoms. The molecule has 0 fully saturated rings. The normalized spacial score (nSPS) is 15.4. The Morgan fingerprint density at radius 3 is 3.11 bits per heavy atom. The molecule has 1 N–H and O–H groups in total. The van der Waals surface area contributed by atoms with E-state index in [0.717, 1.165) is 5.01 Å². The second-order valence-corrected chi connectivity index (χ2v) is 3.31. The molecule has 1 aromatic rings. The van der Waals surface area contributed by atoms with Crippen LogP contribution in [0.25, 0.3) is 0 Å². The van der Waals surface area contributed by atoms with Crippen molar-refractivity contribution in [3.8, 4) is 0 Å². The molecule has 9 nitrogen and oxygen atoms in total. The molecule has 0 unspecified atom stereocenters. The molecule has 0 atom stereocenters. The molecule has 0 saturated carbocycles. The van der Waals surface area contributed by atoms with Crippen molar-refractivity contribution < 1.29 is 4.79 Å². The van der Waals surface area contributed by atoms with E-state index in [1.54, 1.807) is 0 Å². The van der Waals surface area contributed by atoms with E-state index in [1.807, 2.05) is 0 Å². The van der Waals surface area contributed by atoms with E-state index in [1.165, 1.54) is 24.8 Å². The Morgan fingerprint density at radius 1 is 1.50 bits per heavy atom. The molecule has 2 amide bonds. The van der Waals surface area contributed by atoms with E-state index in [4.69, 9.17) is 0 Å². The second kappa shape index (κ2) is 5.57. The Labute approximate surface area is 102 Å². The molecule has 1 aliphatic heterocycles. The Morgan fingerprint density at radius 2 is 2.39 bits per heavy atom. The summed E-state index contributed by atoms with van der Waals surface area (Å²) in [4.78, 5) is 29.4. The number of carbonyl (C=O) groups is 1. The maximum Gasteiger partial charge on any atom is 0.358 e. The highest BCUT2D eigenvalue weighted by Gasteiger charge is 2.19. The lowest BCUT2D eigenvalue weighted by Gasteiger charge is -2.20. The van der Waals surface area contributed by atoms with Gasteiger partial charge in [-0.1, -0.05) is 5.18 Å². The lowest BCUT2D eigenvalue weighted by Crippen LogP contribution is -2.43. The van der Waals surface area contributed by atoms with Crippen LogP contribution < -0.4 is 5.43 Å². The van der Waals surface area contributed by atoms with Crippen molar-refractivity contribution in [3.05, 3.63) is 29.2 Å². The quantitative estimate of drug-likeness (QED) is 0.594. The predicted molar refractivity (Wildman–Crippen MR) is 63.0 cm³/mol. The van der Waals surface area contributed by atoms with Gasteiger partial charge in [0.25, 0.3) is 0 Å². The molecule has 1 aliphatic rings. The van der Waals surface area contributed by atoms with E-state index in [-0.39, 0.29) is 13.1 Å². The van der Waals surface area contributed by atoms with E-state index >= 15 is 0 Å². The highest BCUT2D eigenvalue weighted by Crippen LogP contribution is 1.99. The van der Waals surface area contributed by atoms with Gasteiger partial charge < -0.3 is 0 Å². The zero-order chi connectivity index (χ0) is 12.8. The Hall–Kier alpha value is -2.71. The zero-order valence-corrected chi connectivity index (χ0v) is 9.22. The van der Waals surface area contributed by atoms with Gasteiger partial charge in [0.1, 0.15) is 12.2 Å². The standard InChI is InChI=1S/C9H9N7O2/c17-9-15-14-8(5-13-18)6-16(9)12-4-7-3-10-1-2-11-7/h1-4H,5-6H2,(H,15,17). The number of amides is 2. The van der Waals surface area contributed by atoms with Crippen LogP contribution in [0.3, 0.4) is 0 Å². The van der Waals surface area contributed by atoms with Crippen LogP contribution in [0.2, 0.25) is 0 Å². The summed E-state index contributed by atoms with van der Waals surface area (Å²) in [5, 5.41) is 11.5. The SMILES string of the molecule is O=NCC1=NNC(=O)N(N=Cc2cnccn2)C1. The molecule has 2 heterocycles. The average Bonchev–Trinajstić information content (AvgIpc) is 2.41. The van der Waals surface area contributed by atoms with Crippen molar-refractivity contribution in [2.75, 3.05) is 13.1 Å². The largest absolute Gasteiger partial charge is 0.358 e. The van der Waals surface area contributed by atoms with Gasteiger partial charge in [0.15, 0.2) is 0 Å². The number of nitroso groups, excluding NO2 is 1. The summed E-state index contributed by atoms with van der Waals surface area (Å²) in [6, 6.07) is -0.482. The molecule has 0 saturated heterocycles. The molecule has 2 rings (SSSR count). The maximum absolute atomic E-state index is 11.4. The molecule has 0 aliphatic carbocycles. The monoisotopic (exact) mass is 247 g/mol. The number of carbonyl (C=O) groups excluding carboxylic acids is 1. The molecule has 0 aromatic carbocycles. The Balaban J connectivity index is 2.05. The van der Waals surface area contributed by atoms with Gasteiger partial charge in [-0.25, -0.2) is 15.2 Å². The second-order valence-electron chi connectivity index (χ2n) is 3.31. The summed E-state index contributed by atoms with van der Waals surface area (Å²) < 4.78 is 0. The minimum atomic E-state index is -0.482. The zero-order valence-electron chi connectivity index (χ0n) is 9.22. The molecule has 0 spiro atoms. The fourth-order valence-electron chi connectivity index (χ4n) is 1.22. The molecule has 1 aromatic heterocycles. The molecule has 0 radical (unpaired) electrons. The van der Waals surface area contributed by atoms with Gasteiger partial charge in [-0.2, -0.15) is 15.1 Å². The summed E-state index contributed by atoms with van der Waals surface area (Å²) in [6.45, 7) is 0.0335. The van der Waals surface area contributed by atoms with Gasteiger partial charge in [0, 0.05) is 12.4 Å². The smallest absolute Gasteiger partial charge is 0.261 e.